The summed E-state index contributed by atoms with van der Waals surface area (Å²) in [7, 11) is 0.212. The molecule has 0 amide bonds. The molecule has 1 aliphatic rings. The minimum absolute atomic E-state index is 0.279. The first-order valence-electron chi connectivity index (χ1n) is 9.09. The molecule has 7 heteroatoms. The van der Waals surface area contributed by atoms with Crippen LogP contribution in [-0.4, -0.2) is 22.5 Å². The number of benzene rings is 3. The third-order valence-corrected chi connectivity index (χ3v) is 5.65. The van der Waals surface area contributed by atoms with Crippen molar-refractivity contribution < 1.29 is 17.5 Å². The van der Waals surface area contributed by atoms with Crippen LogP contribution in [0, 0.1) is 5.82 Å². The van der Waals surface area contributed by atoms with Gasteiger partial charge in [0.1, 0.15) is 17.7 Å². The van der Waals surface area contributed by atoms with Gasteiger partial charge in [-0.2, -0.15) is 0 Å². The van der Waals surface area contributed by atoms with E-state index in [2.05, 4.69) is 0 Å². The summed E-state index contributed by atoms with van der Waals surface area (Å²) in [6.45, 7) is 0. The van der Waals surface area contributed by atoms with E-state index in [-0.39, 0.29) is 11.6 Å². The van der Waals surface area contributed by atoms with Crippen molar-refractivity contribution in [2.45, 2.75) is 11.9 Å². The highest BCUT2D eigenvalue weighted by Crippen LogP contribution is 2.49. The highest BCUT2D eigenvalue weighted by molar-refractivity contribution is 7.88. The van der Waals surface area contributed by atoms with Gasteiger partial charge in [-0.05, 0) is 41.0 Å². The van der Waals surface area contributed by atoms with Gasteiger partial charge in [0, 0.05) is 30.9 Å². The minimum atomic E-state index is -3.68. The van der Waals surface area contributed by atoms with Gasteiger partial charge in [-0.25, -0.2) is 17.9 Å². The third kappa shape index (κ3) is 3.83. The number of sulfonamides is 1. The first-order chi connectivity index (χ1) is 13.7. The van der Waals surface area contributed by atoms with Crippen LogP contribution in [0.5, 0.6) is 5.75 Å². The molecular formula is C22H21FN2O3S. The Kier molecular flexibility index (Phi) is 4.80. The Hall–Kier alpha value is -2.90. The number of nitrogens with zero attached hydrogens (tertiary/aromatic N) is 1. The molecule has 0 aliphatic carbocycles. The van der Waals surface area contributed by atoms with Crippen molar-refractivity contribution in [1.82, 2.24) is 0 Å². The van der Waals surface area contributed by atoms with Gasteiger partial charge in [0.25, 0.3) is 0 Å². The highest BCUT2D eigenvalue weighted by atomic mass is 32.2. The molecule has 4 rings (SSSR count). The van der Waals surface area contributed by atoms with Crippen molar-refractivity contribution in [3.8, 4) is 16.9 Å². The Morgan fingerprint density at radius 3 is 2.52 bits per heavy atom. The van der Waals surface area contributed by atoms with E-state index in [9.17, 15) is 12.8 Å². The van der Waals surface area contributed by atoms with Crippen molar-refractivity contribution in [2.24, 2.45) is 5.14 Å². The molecule has 3 aromatic rings. The summed E-state index contributed by atoms with van der Waals surface area (Å²) in [6, 6.07) is 17.5. The van der Waals surface area contributed by atoms with E-state index in [1.807, 2.05) is 43.3 Å². The molecule has 1 heterocycles. The van der Waals surface area contributed by atoms with E-state index >= 15 is 0 Å². The lowest BCUT2D eigenvalue weighted by Gasteiger charge is -2.32. The molecular weight excluding hydrogens is 391 g/mol. The van der Waals surface area contributed by atoms with Crippen LogP contribution in [-0.2, 0) is 15.8 Å². The van der Waals surface area contributed by atoms with Gasteiger partial charge in [0.05, 0.1) is 5.75 Å². The van der Waals surface area contributed by atoms with Crippen LogP contribution in [0.3, 0.4) is 0 Å². The standard InChI is InChI=1S/C22H21FN2O3S/c1-25(2)19-7-4-8-20-21(19)17-10-9-14(13-29(24,26)27)11-18(17)22(28-20)15-5-3-6-16(23)12-15/h3-12,22H,13H2,1-2H3,(H2,24,26,27). The monoisotopic (exact) mass is 412 g/mol. The Bertz CT molecular complexity index is 1190. The summed E-state index contributed by atoms with van der Waals surface area (Å²) >= 11 is 0. The maximum Gasteiger partial charge on any atom is 0.213 e. The SMILES string of the molecule is CN(C)c1cccc2c1-c1ccc(CS(N)(=O)=O)cc1C(c1cccc(F)c1)O2. The fraction of sp³-hybridized carbons (Fsp3) is 0.182. The molecule has 0 aromatic heterocycles. The molecule has 0 fully saturated rings. The first kappa shape index (κ1) is 19.4. The fourth-order valence-corrected chi connectivity index (χ4v) is 4.39. The summed E-state index contributed by atoms with van der Waals surface area (Å²) < 4.78 is 43.4. The molecule has 0 bridgehead atoms. The van der Waals surface area contributed by atoms with E-state index < -0.39 is 16.1 Å². The Morgan fingerprint density at radius 1 is 1.07 bits per heavy atom. The zero-order valence-electron chi connectivity index (χ0n) is 16.1. The minimum Gasteiger partial charge on any atom is -0.480 e. The second-order valence-electron chi connectivity index (χ2n) is 7.33. The quantitative estimate of drug-likeness (QED) is 0.707. The molecule has 0 radical (unpaired) electrons. The van der Waals surface area contributed by atoms with Crippen LogP contribution in [0.2, 0.25) is 0 Å². The van der Waals surface area contributed by atoms with Gasteiger partial charge in [0.15, 0.2) is 0 Å². The maximum atomic E-state index is 13.9. The lowest BCUT2D eigenvalue weighted by Crippen LogP contribution is -2.19. The highest BCUT2D eigenvalue weighted by Gasteiger charge is 2.30. The van der Waals surface area contributed by atoms with Crippen molar-refractivity contribution in [3.05, 3.63) is 83.2 Å². The molecule has 1 unspecified atom stereocenters. The number of rotatable bonds is 4. The molecule has 0 saturated heterocycles. The largest absolute Gasteiger partial charge is 0.480 e. The Labute approximate surface area is 169 Å². The average Bonchev–Trinajstić information content (AvgIpc) is 2.65. The second kappa shape index (κ2) is 7.17. The van der Waals surface area contributed by atoms with Crippen LogP contribution >= 0.6 is 0 Å². The van der Waals surface area contributed by atoms with Crippen molar-refractivity contribution >= 4 is 15.7 Å². The third-order valence-electron chi connectivity index (χ3n) is 4.92. The van der Waals surface area contributed by atoms with E-state index in [1.54, 1.807) is 24.3 Å². The number of nitrogens with two attached hydrogens (primary N) is 1. The van der Waals surface area contributed by atoms with Crippen LogP contribution in [0.1, 0.15) is 22.8 Å². The van der Waals surface area contributed by atoms with Gasteiger partial charge in [-0.15, -0.1) is 0 Å². The molecule has 5 nitrogen and oxygen atoms in total. The maximum absolute atomic E-state index is 13.9. The number of halogens is 1. The predicted octanol–water partition coefficient (Wildman–Crippen LogP) is 3.83. The van der Waals surface area contributed by atoms with E-state index in [1.165, 1.54) is 12.1 Å². The van der Waals surface area contributed by atoms with Crippen LogP contribution in [0.25, 0.3) is 11.1 Å². The van der Waals surface area contributed by atoms with Gasteiger partial charge >= 0.3 is 0 Å². The van der Waals surface area contributed by atoms with E-state index in [0.29, 0.717) is 16.9 Å². The number of anilines is 1. The summed E-state index contributed by atoms with van der Waals surface area (Å²) in [6.07, 6.45) is -0.564. The fourth-order valence-electron chi connectivity index (χ4n) is 3.75. The average molecular weight is 412 g/mol. The van der Waals surface area contributed by atoms with Crippen molar-refractivity contribution in [1.29, 1.82) is 0 Å². The molecule has 2 N–H and O–H groups in total. The molecule has 150 valence electrons. The number of hydrogen-bond donors (Lipinski definition) is 1. The summed E-state index contributed by atoms with van der Waals surface area (Å²) in [5, 5.41) is 5.23. The zero-order chi connectivity index (χ0) is 20.8. The summed E-state index contributed by atoms with van der Waals surface area (Å²) in [4.78, 5) is 1.99. The Balaban J connectivity index is 1.95. The predicted molar refractivity (Wildman–Crippen MR) is 112 cm³/mol. The zero-order valence-corrected chi connectivity index (χ0v) is 16.9. The van der Waals surface area contributed by atoms with Gasteiger partial charge < -0.3 is 9.64 Å². The van der Waals surface area contributed by atoms with Gasteiger partial charge in [-0.3, -0.25) is 0 Å². The van der Waals surface area contributed by atoms with Crippen LogP contribution in [0.15, 0.2) is 60.7 Å². The normalized spacial score (nSPS) is 15.2. The van der Waals surface area contributed by atoms with Crippen LogP contribution in [0.4, 0.5) is 10.1 Å². The van der Waals surface area contributed by atoms with Gasteiger partial charge in [-0.1, -0.05) is 36.4 Å². The second-order valence-corrected chi connectivity index (χ2v) is 8.94. The first-order valence-corrected chi connectivity index (χ1v) is 10.8. The molecule has 0 spiro atoms. The number of ether oxygens (including phenoxy) is 1. The summed E-state index contributed by atoms with van der Waals surface area (Å²) in [5.74, 6) is 0.0524. The number of primary sulfonamides is 1. The lowest BCUT2D eigenvalue weighted by molar-refractivity contribution is 0.243. The molecule has 29 heavy (non-hydrogen) atoms. The summed E-state index contributed by atoms with van der Waals surface area (Å²) in [5.41, 5.74) is 4.80. The van der Waals surface area contributed by atoms with Crippen LogP contribution < -0.4 is 14.8 Å². The number of hydrogen-bond acceptors (Lipinski definition) is 4. The Morgan fingerprint density at radius 2 is 1.83 bits per heavy atom. The molecule has 3 aromatic carbocycles. The molecule has 1 aliphatic heterocycles. The van der Waals surface area contributed by atoms with Crippen molar-refractivity contribution in [2.75, 3.05) is 19.0 Å². The topological polar surface area (TPSA) is 72.6 Å². The lowest BCUT2D eigenvalue weighted by atomic mass is 9.87. The van der Waals surface area contributed by atoms with E-state index in [4.69, 9.17) is 9.88 Å². The number of fused-ring (bicyclic) bond motifs is 3. The van der Waals surface area contributed by atoms with Gasteiger partial charge in [0.2, 0.25) is 10.0 Å². The molecule has 1 atom stereocenters. The molecule has 0 saturated carbocycles. The smallest absolute Gasteiger partial charge is 0.213 e. The van der Waals surface area contributed by atoms with E-state index in [0.717, 1.165) is 22.4 Å². The van der Waals surface area contributed by atoms with Crippen molar-refractivity contribution in [3.63, 3.8) is 0 Å².